The lowest BCUT2D eigenvalue weighted by atomic mass is 9.85. The number of sulfone groups is 1. The Balaban J connectivity index is 2.54. The smallest absolute Gasteiger partial charge is 0.148 e. The van der Waals surface area contributed by atoms with Crippen LogP contribution in [0.3, 0.4) is 0 Å². The molecule has 0 amide bonds. The Morgan fingerprint density at radius 1 is 1.56 bits per heavy atom. The molecule has 2 N–H and O–H groups in total. The standard InChI is InChI=1S/C11H23NO3S/c1-9(7-16(3,14)15)12-10-5-4-6-11(10,2)8-13/h9-10,12-13H,4-8H2,1-3H3. The average molecular weight is 249 g/mol. The summed E-state index contributed by atoms with van der Waals surface area (Å²) in [6.07, 6.45) is 4.38. The average Bonchev–Trinajstić information content (AvgIpc) is 2.45. The fraction of sp³-hybridized carbons (Fsp3) is 1.00. The number of hydrogen-bond acceptors (Lipinski definition) is 4. The molecule has 0 bridgehead atoms. The quantitative estimate of drug-likeness (QED) is 0.747. The van der Waals surface area contributed by atoms with Crippen molar-refractivity contribution in [2.45, 2.75) is 45.2 Å². The van der Waals surface area contributed by atoms with Gasteiger partial charge < -0.3 is 10.4 Å². The van der Waals surface area contributed by atoms with Crippen LogP contribution in [0.5, 0.6) is 0 Å². The first-order chi connectivity index (χ1) is 7.27. The predicted molar refractivity (Wildman–Crippen MR) is 65.1 cm³/mol. The molecular formula is C11H23NO3S. The van der Waals surface area contributed by atoms with Gasteiger partial charge >= 0.3 is 0 Å². The van der Waals surface area contributed by atoms with Crippen LogP contribution >= 0.6 is 0 Å². The van der Waals surface area contributed by atoms with Gasteiger partial charge in [0, 0.05) is 30.4 Å². The fourth-order valence-electron chi connectivity index (χ4n) is 2.55. The van der Waals surface area contributed by atoms with Crippen molar-refractivity contribution in [3.63, 3.8) is 0 Å². The van der Waals surface area contributed by atoms with Gasteiger partial charge in [0.15, 0.2) is 0 Å². The van der Waals surface area contributed by atoms with Gasteiger partial charge in [-0.3, -0.25) is 0 Å². The summed E-state index contributed by atoms with van der Waals surface area (Å²) in [4.78, 5) is 0. The van der Waals surface area contributed by atoms with Gasteiger partial charge in [-0.15, -0.1) is 0 Å². The van der Waals surface area contributed by atoms with Crippen molar-refractivity contribution in [1.29, 1.82) is 0 Å². The predicted octanol–water partition coefficient (Wildman–Crippen LogP) is 0.560. The van der Waals surface area contributed by atoms with Gasteiger partial charge in [0.2, 0.25) is 0 Å². The molecule has 1 aliphatic rings. The molecule has 1 fully saturated rings. The van der Waals surface area contributed by atoms with Crippen LogP contribution in [-0.4, -0.2) is 44.2 Å². The monoisotopic (exact) mass is 249 g/mol. The van der Waals surface area contributed by atoms with E-state index < -0.39 is 9.84 Å². The summed E-state index contributed by atoms with van der Waals surface area (Å²) in [6, 6.07) is 0.179. The molecule has 1 rings (SSSR count). The summed E-state index contributed by atoms with van der Waals surface area (Å²) >= 11 is 0. The lowest BCUT2D eigenvalue weighted by Crippen LogP contribution is -2.47. The summed E-state index contributed by atoms with van der Waals surface area (Å²) < 4.78 is 22.3. The second-order valence-corrected chi connectivity index (χ2v) is 7.60. The SMILES string of the molecule is CC(CS(C)(=O)=O)NC1CCCC1(C)CO. The Labute approximate surface area is 98.4 Å². The molecule has 0 spiro atoms. The summed E-state index contributed by atoms with van der Waals surface area (Å²) in [7, 11) is -2.93. The minimum absolute atomic E-state index is 0.0519. The van der Waals surface area contributed by atoms with E-state index in [1.165, 1.54) is 6.26 Å². The molecule has 3 atom stereocenters. The van der Waals surface area contributed by atoms with Crippen molar-refractivity contribution in [2.75, 3.05) is 18.6 Å². The summed E-state index contributed by atoms with van der Waals surface area (Å²) in [6.45, 7) is 4.11. The lowest BCUT2D eigenvalue weighted by Gasteiger charge is -2.32. The number of aliphatic hydroxyl groups is 1. The van der Waals surface area contributed by atoms with Crippen LogP contribution in [0.2, 0.25) is 0 Å². The Bertz CT molecular complexity index is 328. The number of hydrogen-bond donors (Lipinski definition) is 2. The fourth-order valence-corrected chi connectivity index (χ4v) is 3.56. The number of rotatable bonds is 5. The third-order valence-electron chi connectivity index (χ3n) is 3.48. The van der Waals surface area contributed by atoms with Gasteiger partial charge in [-0.05, 0) is 19.8 Å². The van der Waals surface area contributed by atoms with Crippen molar-refractivity contribution in [3.8, 4) is 0 Å². The topological polar surface area (TPSA) is 66.4 Å². The molecule has 0 aliphatic heterocycles. The molecule has 96 valence electrons. The first kappa shape index (κ1) is 13.9. The largest absolute Gasteiger partial charge is 0.396 e. The molecule has 0 radical (unpaired) electrons. The van der Waals surface area contributed by atoms with Gasteiger partial charge in [-0.25, -0.2) is 8.42 Å². The molecule has 1 aliphatic carbocycles. The maximum atomic E-state index is 11.2. The summed E-state index contributed by atoms with van der Waals surface area (Å²) in [5.41, 5.74) is -0.0915. The molecule has 5 heteroatoms. The highest BCUT2D eigenvalue weighted by atomic mass is 32.2. The van der Waals surface area contributed by atoms with E-state index in [2.05, 4.69) is 12.2 Å². The van der Waals surface area contributed by atoms with Crippen molar-refractivity contribution < 1.29 is 13.5 Å². The molecule has 0 saturated heterocycles. The van der Waals surface area contributed by atoms with Crippen LogP contribution in [0.25, 0.3) is 0 Å². The van der Waals surface area contributed by atoms with Gasteiger partial charge in [-0.1, -0.05) is 13.3 Å². The van der Waals surface area contributed by atoms with Crippen LogP contribution in [0.15, 0.2) is 0 Å². The van der Waals surface area contributed by atoms with Crippen molar-refractivity contribution in [3.05, 3.63) is 0 Å². The lowest BCUT2D eigenvalue weighted by molar-refractivity contribution is 0.115. The van der Waals surface area contributed by atoms with Gasteiger partial charge in [-0.2, -0.15) is 0 Å². The third kappa shape index (κ3) is 3.71. The summed E-state index contributed by atoms with van der Waals surface area (Å²) in [5.74, 6) is 0.158. The molecule has 0 aromatic heterocycles. The molecule has 1 saturated carbocycles. The molecule has 4 nitrogen and oxygen atoms in total. The Morgan fingerprint density at radius 3 is 2.69 bits per heavy atom. The van der Waals surface area contributed by atoms with Crippen molar-refractivity contribution in [2.24, 2.45) is 5.41 Å². The highest BCUT2D eigenvalue weighted by Crippen LogP contribution is 2.37. The zero-order valence-electron chi connectivity index (χ0n) is 10.4. The van der Waals surface area contributed by atoms with Crippen LogP contribution in [0, 0.1) is 5.41 Å². The minimum atomic E-state index is -2.93. The van der Waals surface area contributed by atoms with E-state index in [9.17, 15) is 13.5 Å². The van der Waals surface area contributed by atoms with Gasteiger partial charge in [0.25, 0.3) is 0 Å². The van der Waals surface area contributed by atoms with Crippen LogP contribution < -0.4 is 5.32 Å². The Hall–Kier alpha value is -0.130. The van der Waals surface area contributed by atoms with E-state index in [0.717, 1.165) is 19.3 Å². The first-order valence-electron chi connectivity index (χ1n) is 5.81. The highest BCUT2D eigenvalue weighted by Gasteiger charge is 2.38. The van der Waals surface area contributed by atoms with E-state index in [-0.39, 0.29) is 29.9 Å². The van der Waals surface area contributed by atoms with Crippen LogP contribution in [0.1, 0.15) is 33.1 Å². The zero-order valence-corrected chi connectivity index (χ0v) is 11.2. The van der Waals surface area contributed by atoms with E-state index in [1.807, 2.05) is 6.92 Å². The van der Waals surface area contributed by atoms with Crippen LogP contribution in [0.4, 0.5) is 0 Å². The van der Waals surface area contributed by atoms with E-state index in [0.29, 0.717) is 0 Å². The molecule has 0 aromatic rings. The Kier molecular flexibility index (Phi) is 4.37. The first-order valence-corrected chi connectivity index (χ1v) is 7.87. The van der Waals surface area contributed by atoms with Crippen LogP contribution in [-0.2, 0) is 9.84 Å². The molecular weight excluding hydrogens is 226 g/mol. The van der Waals surface area contributed by atoms with E-state index in [4.69, 9.17) is 0 Å². The highest BCUT2D eigenvalue weighted by molar-refractivity contribution is 7.90. The molecule has 0 heterocycles. The van der Waals surface area contributed by atoms with Gasteiger partial charge in [0.1, 0.15) is 9.84 Å². The third-order valence-corrected chi connectivity index (χ3v) is 4.59. The normalized spacial score (nSPS) is 32.9. The minimum Gasteiger partial charge on any atom is -0.396 e. The molecule has 16 heavy (non-hydrogen) atoms. The Morgan fingerprint density at radius 2 is 2.19 bits per heavy atom. The molecule has 3 unspecified atom stereocenters. The maximum absolute atomic E-state index is 11.2. The maximum Gasteiger partial charge on any atom is 0.148 e. The van der Waals surface area contributed by atoms with Crippen molar-refractivity contribution in [1.82, 2.24) is 5.32 Å². The second-order valence-electron chi connectivity index (χ2n) is 5.42. The zero-order chi connectivity index (χ0) is 12.4. The number of aliphatic hydroxyl groups excluding tert-OH is 1. The number of nitrogens with one attached hydrogen (secondary N) is 1. The second kappa shape index (κ2) is 5.02. The van der Waals surface area contributed by atoms with E-state index >= 15 is 0 Å². The van der Waals surface area contributed by atoms with Crippen molar-refractivity contribution >= 4 is 9.84 Å². The molecule has 0 aromatic carbocycles. The summed E-state index contributed by atoms with van der Waals surface area (Å²) in [5, 5.41) is 12.7. The van der Waals surface area contributed by atoms with E-state index in [1.54, 1.807) is 0 Å². The van der Waals surface area contributed by atoms with Gasteiger partial charge in [0.05, 0.1) is 5.75 Å².